The zero-order chi connectivity index (χ0) is 29.5. The number of aromatic nitrogens is 4. The summed E-state index contributed by atoms with van der Waals surface area (Å²) in [6, 6.07) is 3.39. The van der Waals surface area contributed by atoms with Crippen molar-refractivity contribution in [2.24, 2.45) is 0 Å². The molecule has 1 aromatic carbocycles. The van der Waals surface area contributed by atoms with E-state index in [4.69, 9.17) is 29.0 Å². The molecule has 0 spiro atoms. The van der Waals surface area contributed by atoms with Gasteiger partial charge in [-0.3, -0.25) is 9.58 Å². The van der Waals surface area contributed by atoms with Gasteiger partial charge >= 0.3 is 6.09 Å². The normalized spacial score (nSPS) is 15.2. The molecule has 4 aromatic rings. The van der Waals surface area contributed by atoms with Crippen LogP contribution in [-0.2, 0) is 16.0 Å². The number of rotatable bonds is 7. The fraction of sp³-hybridized carbons (Fsp3) is 0.429. The van der Waals surface area contributed by atoms with E-state index in [1.54, 1.807) is 15.8 Å². The summed E-state index contributed by atoms with van der Waals surface area (Å²) in [5, 5.41) is 5.34. The van der Waals surface area contributed by atoms with Gasteiger partial charge in [-0.15, -0.1) is 0 Å². The highest BCUT2D eigenvalue weighted by Gasteiger charge is 2.34. The van der Waals surface area contributed by atoms with Crippen molar-refractivity contribution in [2.45, 2.75) is 45.9 Å². The first kappa shape index (κ1) is 28.7. The number of benzene rings is 1. The summed E-state index contributed by atoms with van der Waals surface area (Å²) in [5.74, 6) is -1.32. The third-order valence-corrected chi connectivity index (χ3v) is 7.41. The second-order valence-electron chi connectivity index (χ2n) is 10.5. The quantitative estimate of drug-likeness (QED) is 0.249. The number of ether oxygens (including phenoxy) is 4. The van der Waals surface area contributed by atoms with Crippen molar-refractivity contribution >= 4 is 27.7 Å². The first-order valence-corrected chi connectivity index (χ1v) is 13.8. The molecule has 0 unspecified atom stereocenters. The molecule has 0 fully saturated rings. The molecule has 0 N–H and O–H groups in total. The highest BCUT2D eigenvalue weighted by atomic mass is 32.1. The number of hydrogen-bond acceptors (Lipinski definition) is 9. The van der Waals surface area contributed by atoms with Crippen LogP contribution < -0.4 is 9.47 Å². The molecule has 0 saturated heterocycles. The van der Waals surface area contributed by atoms with Crippen molar-refractivity contribution in [3.8, 4) is 34.1 Å². The molecule has 0 aliphatic carbocycles. The van der Waals surface area contributed by atoms with E-state index in [1.807, 2.05) is 33.8 Å². The molecule has 1 atom stereocenters. The number of amides is 1. The Balaban J connectivity index is 1.67. The van der Waals surface area contributed by atoms with Crippen molar-refractivity contribution in [3.05, 3.63) is 41.7 Å². The van der Waals surface area contributed by atoms with Crippen LogP contribution in [0.15, 0.2) is 24.4 Å². The molecule has 1 aliphatic heterocycles. The average molecular weight is 588 g/mol. The summed E-state index contributed by atoms with van der Waals surface area (Å²) in [6.07, 6.45) is 1.17. The molecule has 13 heteroatoms. The van der Waals surface area contributed by atoms with Gasteiger partial charge in [0, 0.05) is 42.9 Å². The Bertz CT molecular complexity index is 1600. The van der Waals surface area contributed by atoms with Crippen molar-refractivity contribution in [3.63, 3.8) is 0 Å². The third kappa shape index (κ3) is 5.55. The maximum absolute atomic E-state index is 15.7. The van der Waals surface area contributed by atoms with Crippen LogP contribution in [0.25, 0.3) is 32.6 Å². The Kier molecular flexibility index (Phi) is 7.84. The van der Waals surface area contributed by atoms with Crippen molar-refractivity contribution in [1.82, 2.24) is 24.0 Å². The van der Waals surface area contributed by atoms with Crippen molar-refractivity contribution in [2.75, 3.05) is 34.0 Å². The van der Waals surface area contributed by atoms with Gasteiger partial charge in [0.25, 0.3) is 0 Å². The minimum atomic E-state index is -0.827. The average Bonchev–Trinajstić information content (AvgIpc) is 3.55. The van der Waals surface area contributed by atoms with Crippen LogP contribution in [0.1, 0.15) is 39.4 Å². The predicted octanol–water partition coefficient (Wildman–Crippen LogP) is 5.85. The first-order chi connectivity index (χ1) is 19.5. The zero-order valence-corrected chi connectivity index (χ0v) is 24.5. The lowest BCUT2D eigenvalue weighted by atomic mass is 9.97. The van der Waals surface area contributed by atoms with Crippen LogP contribution in [0.4, 0.5) is 13.6 Å². The number of fused-ring (bicyclic) bond motifs is 2. The lowest BCUT2D eigenvalue weighted by Crippen LogP contribution is -2.43. The van der Waals surface area contributed by atoms with Crippen molar-refractivity contribution < 1.29 is 32.5 Å². The number of nitrogens with zero attached hydrogens (tertiary/aromatic N) is 5. The van der Waals surface area contributed by atoms with Gasteiger partial charge in [0.05, 0.1) is 37.6 Å². The van der Waals surface area contributed by atoms with Gasteiger partial charge < -0.3 is 18.9 Å². The van der Waals surface area contributed by atoms with E-state index in [9.17, 15) is 9.18 Å². The summed E-state index contributed by atoms with van der Waals surface area (Å²) in [7, 11) is 3.00. The van der Waals surface area contributed by atoms with Gasteiger partial charge in [0.1, 0.15) is 45.7 Å². The van der Waals surface area contributed by atoms with E-state index < -0.39 is 23.3 Å². The molecule has 0 radical (unpaired) electrons. The molecule has 41 heavy (non-hydrogen) atoms. The number of carbonyl (C=O) groups excluding carboxylic acids is 1. The maximum Gasteiger partial charge on any atom is 0.410 e. The topological polar surface area (TPSA) is 101 Å². The number of halogens is 2. The number of hydrogen-bond donors (Lipinski definition) is 0. The van der Waals surface area contributed by atoms with Gasteiger partial charge in [-0.05, 0) is 45.3 Å². The molecule has 1 amide bonds. The smallest absolute Gasteiger partial charge is 0.410 e. The van der Waals surface area contributed by atoms with E-state index >= 15 is 4.39 Å². The highest BCUT2D eigenvalue weighted by molar-refractivity contribution is 7.13. The molecule has 5 rings (SSSR count). The highest BCUT2D eigenvalue weighted by Crippen LogP contribution is 2.46. The zero-order valence-electron chi connectivity index (χ0n) is 23.7. The monoisotopic (exact) mass is 587 g/mol. The summed E-state index contributed by atoms with van der Waals surface area (Å²) >= 11 is 1.14. The SMILES string of the molecule is COCCOc1cc(F)cc(F)c1-c1c(-c2cc3n(n2)CCN(C(=O)OC(C)(C)C)[C@@H]3C)nc(OC)c2sncc12. The molecule has 218 valence electrons. The molecule has 10 nitrogen and oxygen atoms in total. The van der Waals surface area contributed by atoms with Crippen LogP contribution in [0.2, 0.25) is 0 Å². The van der Waals surface area contributed by atoms with E-state index in [0.717, 1.165) is 29.4 Å². The van der Waals surface area contributed by atoms with Gasteiger partial charge in [0.15, 0.2) is 0 Å². The Labute approximate surface area is 240 Å². The standard InChI is InChI=1S/C28H31F2N5O5S/c1-15-20-13-19(33-35(20)8-7-34(15)27(36)40-28(2,3)4)24-22(17-14-31-41-25(17)26(32-24)38-6)23-18(30)11-16(29)12-21(23)39-10-9-37-5/h11-15H,7-10H2,1-6H3/t15-/m1/s1. The first-order valence-electron chi connectivity index (χ1n) is 13.0. The minimum absolute atomic E-state index is 0.00583. The number of carbonyl (C=O) groups is 1. The molecule has 0 bridgehead atoms. The number of methoxy groups -OCH3 is 2. The molecule has 3 aromatic heterocycles. The molecular weight excluding hydrogens is 556 g/mol. The summed E-state index contributed by atoms with van der Waals surface area (Å²) in [5.41, 5.74) is 1.20. The van der Waals surface area contributed by atoms with Gasteiger partial charge in [-0.2, -0.15) is 9.47 Å². The van der Waals surface area contributed by atoms with Crippen LogP contribution in [0.3, 0.4) is 0 Å². The second-order valence-corrected chi connectivity index (χ2v) is 11.3. The number of pyridine rings is 1. The van der Waals surface area contributed by atoms with Gasteiger partial charge in [-0.1, -0.05) is 0 Å². The minimum Gasteiger partial charge on any atom is -0.490 e. The van der Waals surface area contributed by atoms with Crippen LogP contribution in [0, 0.1) is 11.6 Å². The largest absolute Gasteiger partial charge is 0.490 e. The van der Waals surface area contributed by atoms with E-state index in [2.05, 4.69) is 4.37 Å². The fourth-order valence-electron chi connectivity index (χ4n) is 4.81. The summed E-state index contributed by atoms with van der Waals surface area (Å²) < 4.78 is 58.7. The van der Waals surface area contributed by atoms with Gasteiger partial charge in [0.2, 0.25) is 5.88 Å². The Morgan fingerprint density at radius 1 is 1.12 bits per heavy atom. The van der Waals surface area contributed by atoms with Crippen LogP contribution in [-0.4, -0.2) is 69.7 Å². The van der Waals surface area contributed by atoms with Crippen LogP contribution in [0.5, 0.6) is 11.6 Å². The second kappa shape index (κ2) is 11.2. The van der Waals surface area contributed by atoms with Crippen LogP contribution >= 0.6 is 11.5 Å². The lowest BCUT2D eigenvalue weighted by molar-refractivity contribution is 0.0120. The van der Waals surface area contributed by atoms with Crippen molar-refractivity contribution in [1.29, 1.82) is 0 Å². The lowest BCUT2D eigenvalue weighted by Gasteiger charge is -2.35. The summed E-state index contributed by atoms with van der Waals surface area (Å²) in [6.45, 7) is 8.46. The molecule has 4 heterocycles. The predicted molar refractivity (Wildman–Crippen MR) is 149 cm³/mol. The Morgan fingerprint density at radius 3 is 2.61 bits per heavy atom. The fourth-order valence-corrected chi connectivity index (χ4v) is 5.54. The Hall–Kier alpha value is -3.84. The molecular formula is C28H31F2N5O5S. The van der Waals surface area contributed by atoms with E-state index in [-0.39, 0.29) is 30.6 Å². The van der Waals surface area contributed by atoms with Gasteiger partial charge in [-0.25, -0.2) is 18.6 Å². The third-order valence-electron chi connectivity index (χ3n) is 6.62. The molecule has 0 saturated carbocycles. The van der Waals surface area contributed by atoms with E-state index in [0.29, 0.717) is 46.0 Å². The molecule has 1 aliphatic rings. The Morgan fingerprint density at radius 2 is 1.90 bits per heavy atom. The summed E-state index contributed by atoms with van der Waals surface area (Å²) in [4.78, 5) is 19.3. The van der Waals surface area contributed by atoms with E-state index in [1.165, 1.54) is 14.2 Å². The maximum atomic E-state index is 15.7.